The molecule has 2 rings (SSSR count). The molecule has 2 heteroatoms. The highest BCUT2D eigenvalue weighted by molar-refractivity contribution is 4.92. The minimum Gasteiger partial charge on any atom is -0.393 e. The van der Waals surface area contributed by atoms with E-state index < -0.39 is 0 Å². The van der Waals surface area contributed by atoms with Gasteiger partial charge in [0.05, 0.1) is 6.10 Å². The molecule has 1 saturated carbocycles. The quantitative estimate of drug-likeness (QED) is 0.774. The van der Waals surface area contributed by atoms with E-state index in [-0.39, 0.29) is 11.5 Å². The summed E-state index contributed by atoms with van der Waals surface area (Å²) in [4.78, 5) is 2.60. The third-order valence-electron chi connectivity index (χ3n) is 4.21. The normalized spacial score (nSPS) is 33.6. The Morgan fingerprint density at radius 1 is 1.33 bits per heavy atom. The number of aliphatic hydroxyl groups excluding tert-OH is 1. The molecule has 0 radical (unpaired) electrons. The van der Waals surface area contributed by atoms with Gasteiger partial charge in [0, 0.05) is 19.1 Å². The molecule has 1 N–H and O–H groups in total. The maximum absolute atomic E-state index is 9.99. The number of nitrogens with zero attached hydrogens (tertiary/aromatic N) is 1. The van der Waals surface area contributed by atoms with Gasteiger partial charge >= 0.3 is 0 Å². The van der Waals surface area contributed by atoms with Crippen LogP contribution in [0.25, 0.3) is 0 Å². The van der Waals surface area contributed by atoms with Crippen LogP contribution in [-0.2, 0) is 0 Å². The van der Waals surface area contributed by atoms with Crippen molar-refractivity contribution in [2.75, 3.05) is 13.1 Å². The Balaban J connectivity index is 1.75. The van der Waals surface area contributed by atoms with Crippen LogP contribution < -0.4 is 0 Å². The van der Waals surface area contributed by atoms with Gasteiger partial charge in [-0.1, -0.05) is 20.8 Å². The molecule has 3 unspecified atom stereocenters. The van der Waals surface area contributed by atoms with Gasteiger partial charge in [0.2, 0.25) is 0 Å². The van der Waals surface area contributed by atoms with E-state index in [1.165, 1.54) is 25.8 Å². The lowest BCUT2D eigenvalue weighted by Gasteiger charge is -2.31. The van der Waals surface area contributed by atoms with E-state index in [2.05, 4.69) is 25.7 Å². The standard InChI is InChI=1S/C13H25NO/c1-13(2,3)12(15)6-7-14-9-10-4-5-11(14)8-10/h10-12,15H,4-9H2,1-3H3. The first-order valence-corrected chi connectivity index (χ1v) is 6.39. The summed E-state index contributed by atoms with van der Waals surface area (Å²) in [6, 6.07) is 0.849. The molecule has 0 aromatic carbocycles. The predicted molar refractivity (Wildman–Crippen MR) is 62.8 cm³/mol. The smallest absolute Gasteiger partial charge is 0.0600 e. The van der Waals surface area contributed by atoms with E-state index in [1.807, 2.05) is 0 Å². The van der Waals surface area contributed by atoms with Gasteiger partial charge in [-0.15, -0.1) is 0 Å². The summed E-state index contributed by atoms with van der Waals surface area (Å²) >= 11 is 0. The zero-order valence-electron chi connectivity index (χ0n) is 10.4. The summed E-state index contributed by atoms with van der Waals surface area (Å²) in [6.45, 7) is 8.75. The first-order chi connectivity index (χ1) is 6.97. The average molecular weight is 211 g/mol. The Labute approximate surface area is 93.7 Å². The molecule has 2 aliphatic rings. The first kappa shape index (κ1) is 11.4. The van der Waals surface area contributed by atoms with Crippen LogP contribution in [0.2, 0.25) is 0 Å². The van der Waals surface area contributed by atoms with Crippen molar-refractivity contribution < 1.29 is 5.11 Å². The second-order valence-electron chi connectivity index (χ2n) is 6.50. The van der Waals surface area contributed by atoms with Gasteiger partial charge in [-0.25, -0.2) is 0 Å². The van der Waals surface area contributed by atoms with Gasteiger partial charge < -0.3 is 10.0 Å². The number of hydrogen-bond donors (Lipinski definition) is 1. The fourth-order valence-corrected chi connectivity index (χ4v) is 3.02. The largest absolute Gasteiger partial charge is 0.393 e. The van der Waals surface area contributed by atoms with E-state index in [9.17, 15) is 5.11 Å². The molecule has 88 valence electrons. The molecule has 1 heterocycles. The highest BCUT2D eigenvalue weighted by atomic mass is 16.3. The molecule has 2 bridgehead atoms. The third kappa shape index (κ3) is 2.54. The third-order valence-corrected chi connectivity index (χ3v) is 4.21. The minimum atomic E-state index is -0.156. The van der Waals surface area contributed by atoms with Crippen molar-refractivity contribution in [3.05, 3.63) is 0 Å². The van der Waals surface area contributed by atoms with Gasteiger partial charge in [-0.3, -0.25) is 0 Å². The van der Waals surface area contributed by atoms with Crippen molar-refractivity contribution in [1.29, 1.82) is 0 Å². The highest BCUT2D eigenvalue weighted by Crippen LogP contribution is 2.37. The van der Waals surface area contributed by atoms with E-state index in [1.54, 1.807) is 0 Å². The molecule has 2 nitrogen and oxygen atoms in total. The van der Waals surface area contributed by atoms with Crippen molar-refractivity contribution in [1.82, 2.24) is 4.90 Å². The van der Waals surface area contributed by atoms with Crippen LogP contribution in [-0.4, -0.2) is 35.2 Å². The van der Waals surface area contributed by atoms with Crippen LogP contribution in [0.3, 0.4) is 0 Å². The van der Waals surface area contributed by atoms with Crippen molar-refractivity contribution in [2.45, 2.75) is 58.6 Å². The molecule has 0 spiro atoms. The Morgan fingerprint density at radius 3 is 2.53 bits per heavy atom. The number of piperidine rings is 1. The van der Waals surface area contributed by atoms with Gasteiger partial charge in [0.25, 0.3) is 0 Å². The number of hydrogen-bond acceptors (Lipinski definition) is 2. The van der Waals surface area contributed by atoms with E-state index in [4.69, 9.17) is 0 Å². The lowest BCUT2D eigenvalue weighted by molar-refractivity contribution is 0.0422. The van der Waals surface area contributed by atoms with Crippen LogP contribution in [0.1, 0.15) is 46.5 Å². The van der Waals surface area contributed by atoms with Crippen molar-refractivity contribution >= 4 is 0 Å². The zero-order valence-corrected chi connectivity index (χ0v) is 10.4. The van der Waals surface area contributed by atoms with Crippen LogP contribution in [0, 0.1) is 11.3 Å². The average Bonchev–Trinajstić information content (AvgIpc) is 2.73. The van der Waals surface area contributed by atoms with E-state index >= 15 is 0 Å². The van der Waals surface area contributed by atoms with Crippen LogP contribution >= 0.6 is 0 Å². The fourth-order valence-electron chi connectivity index (χ4n) is 3.02. The van der Waals surface area contributed by atoms with E-state index in [0.717, 1.165) is 24.9 Å². The first-order valence-electron chi connectivity index (χ1n) is 6.39. The number of likely N-dealkylation sites (tertiary alicyclic amines) is 1. The molecular formula is C13H25NO. The second kappa shape index (κ2) is 4.06. The molecule has 3 atom stereocenters. The number of fused-ring (bicyclic) bond motifs is 2. The molecule has 0 aromatic heterocycles. The van der Waals surface area contributed by atoms with Gasteiger partial charge in [0.1, 0.15) is 0 Å². The summed E-state index contributed by atoms with van der Waals surface area (Å²) < 4.78 is 0. The van der Waals surface area contributed by atoms with E-state index in [0.29, 0.717) is 0 Å². The van der Waals surface area contributed by atoms with Crippen LogP contribution in [0.4, 0.5) is 0 Å². The van der Waals surface area contributed by atoms with Crippen molar-refractivity contribution in [3.63, 3.8) is 0 Å². The lowest BCUT2D eigenvalue weighted by Crippen LogP contribution is -2.36. The molecular weight excluding hydrogens is 186 g/mol. The molecule has 15 heavy (non-hydrogen) atoms. The summed E-state index contributed by atoms with van der Waals surface area (Å²) in [6.07, 6.45) is 5.05. The Hall–Kier alpha value is -0.0800. The minimum absolute atomic E-state index is 0.0404. The summed E-state index contributed by atoms with van der Waals surface area (Å²) in [7, 11) is 0. The second-order valence-corrected chi connectivity index (χ2v) is 6.50. The van der Waals surface area contributed by atoms with Gasteiger partial charge in [-0.2, -0.15) is 0 Å². The molecule has 1 aliphatic heterocycles. The van der Waals surface area contributed by atoms with Crippen molar-refractivity contribution in [3.8, 4) is 0 Å². The predicted octanol–water partition coefficient (Wildman–Crippen LogP) is 2.27. The van der Waals surface area contributed by atoms with Crippen LogP contribution in [0.15, 0.2) is 0 Å². The van der Waals surface area contributed by atoms with Crippen LogP contribution in [0.5, 0.6) is 0 Å². The monoisotopic (exact) mass is 211 g/mol. The number of rotatable bonds is 3. The topological polar surface area (TPSA) is 23.5 Å². The summed E-state index contributed by atoms with van der Waals surface area (Å²) in [5.41, 5.74) is 0.0404. The molecule has 1 aliphatic carbocycles. The summed E-state index contributed by atoms with van der Waals surface area (Å²) in [5, 5.41) is 9.99. The van der Waals surface area contributed by atoms with Gasteiger partial charge in [0.15, 0.2) is 0 Å². The SMILES string of the molecule is CC(C)(C)C(O)CCN1CC2CCC1C2. The maximum atomic E-state index is 9.99. The summed E-state index contributed by atoms with van der Waals surface area (Å²) in [5.74, 6) is 0.974. The maximum Gasteiger partial charge on any atom is 0.0600 e. The molecule has 2 fully saturated rings. The Kier molecular flexibility index (Phi) is 3.09. The molecule has 0 amide bonds. The number of aliphatic hydroxyl groups is 1. The lowest BCUT2D eigenvalue weighted by atomic mass is 9.87. The van der Waals surface area contributed by atoms with Crippen molar-refractivity contribution in [2.24, 2.45) is 11.3 Å². The molecule has 0 aromatic rings. The van der Waals surface area contributed by atoms with Gasteiger partial charge in [-0.05, 0) is 37.0 Å². The fraction of sp³-hybridized carbons (Fsp3) is 1.00. The zero-order chi connectivity index (χ0) is 11.1. The Bertz CT molecular complexity index is 221. The Morgan fingerprint density at radius 2 is 2.07 bits per heavy atom. The molecule has 1 saturated heterocycles. The highest BCUT2D eigenvalue weighted by Gasteiger charge is 2.37.